The van der Waals surface area contributed by atoms with Crippen LogP contribution in [0.1, 0.15) is 99.0 Å². The molecule has 6 aliphatic heterocycles. The van der Waals surface area contributed by atoms with E-state index in [2.05, 4.69) is 10.3 Å². The number of rotatable bonds is 4. The number of aromatic amines is 1. The largest absolute Gasteiger partial charge is 0.402 e. The Bertz CT molecular complexity index is 4020. The van der Waals surface area contributed by atoms with Crippen molar-refractivity contribution in [1.29, 1.82) is 0 Å². The number of fused-ring (bicyclic) bond motifs is 19. The van der Waals surface area contributed by atoms with Crippen LogP contribution in [-0.2, 0) is 5.41 Å². The molecule has 8 bridgehead atoms. The van der Waals surface area contributed by atoms with E-state index < -0.39 is 41.4 Å². The van der Waals surface area contributed by atoms with Crippen molar-refractivity contribution in [1.82, 2.24) is 9.88 Å². The Labute approximate surface area is 399 Å². The van der Waals surface area contributed by atoms with Crippen molar-refractivity contribution in [3.8, 4) is 0 Å². The van der Waals surface area contributed by atoms with Crippen LogP contribution >= 0.6 is 0 Å². The van der Waals surface area contributed by atoms with Gasteiger partial charge in [0.05, 0.1) is 27.9 Å². The predicted octanol–water partition coefficient (Wildman–Crippen LogP) is 7.23. The third-order valence-corrected chi connectivity index (χ3v) is 13.9. The number of hydrogen-bond donors (Lipinski definition) is 2. The van der Waals surface area contributed by atoms with E-state index in [0.717, 1.165) is 74.3 Å². The number of aliphatic imine (C=N–C) groups is 5. The van der Waals surface area contributed by atoms with Gasteiger partial charge < -0.3 is 10.3 Å². The quantitative estimate of drug-likeness (QED) is 0.176. The number of carbonyl (C=O) groups excluding carboxylic acids is 4. The number of amidine groups is 5. The maximum atomic E-state index is 15.4. The van der Waals surface area contributed by atoms with Crippen molar-refractivity contribution < 1.29 is 32.3 Å². The predicted molar refractivity (Wildman–Crippen MR) is 258 cm³/mol. The molecule has 6 aliphatic rings. The maximum Gasteiger partial charge on any atom is 0.402 e. The van der Waals surface area contributed by atoms with E-state index in [1.54, 1.807) is 18.2 Å². The topological polar surface area (TPSA) is 189 Å². The van der Waals surface area contributed by atoms with Gasteiger partial charge in [-0.2, -0.15) is 13.2 Å². The summed E-state index contributed by atoms with van der Waals surface area (Å²) in [5.74, 6) is -1.24. The second kappa shape index (κ2) is 14.6. The zero-order valence-corrected chi connectivity index (χ0v) is 37.4. The first-order chi connectivity index (χ1) is 34.2. The molecule has 2 unspecified atom stereocenters. The van der Waals surface area contributed by atoms with Crippen molar-refractivity contribution in [2.24, 2.45) is 34.9 Å². The summed E-state index contributed by atoms with van der Waals surface area (Å²) in [6, 6.07) is 32.7. The number of carbonyl (C=O) groups is 4. The molecule has 4 amide bonds. The van der Waals surface area contributed by atoms with E-state index in [-0.39, 0.29) is 50.7 Å². The van der Waals surface area contributed by atoms with Gasteiger partial charge in [-0.15, -0.1) is 0 Å². The average molecular weight is 944 g/mol. The van der Waals surface area contributed by atoms with Crippen LogP contribution in [0.2, 0.25) is 0 Å². The lowest BCUT2D eigenvalue weighted by Gasteiger charge is -2.33. The zero-order valence-electron chi connectivity index (χ0n) is 37.4. The highest BCUT2D eigenvalue weighted by Crippen LogP contribution is 2.48. The van der Waals surface area contributed by atoms with E-state index in [1.165, 1.54) is 19.2 Å². The highest BCUT2D eigenvalue weighted by atomic mass is 19.4. The second-order valence-corrected chi connectivity index (χ2v) is 17.8. The number of nitrogens with zero attached hydrogens (tertiary/aromatic N) is 9. The number of halogens is 3. The van der Waals surface area contributed by atoms with Crippen LogP contribution in [0.3, 0.4) is 0 Å². The molecule has 0 radical (unpaired) electrons. The number of alkyl halides is 3. The van der Waals surface area contributed by atoms with Gasteiger partial charge in [-0.25, -0.2) is 39.8 Å². The maximum absolute atomic E-state index is 15.4. The minimum absolute atomic E-state index is 0.0138. The summed E-state index contributed by atoms with van der Waals surface area (Å²) in [6.45, 7) is 0.934. The molecule has 0 aliphatic carbocycles. The molecule has 7 aromatic rings. The molecule has 15 nitrogen and oxygen atoms in total. The normalized spacial score (nSPS) is 18.1. The molecule has 0 fully saturated rings. The number of H-pyrrole nitrogens is 1. The number of aromatic nitrogens is 1. The highest BCUT2D eigenvalue weighted by Gasteiger charge is 2.55. The van der Waals surface area contributed by atoms with Crippen LogP contribution in [-0.4, -0.2) is 83.0 Å². The summed E-state index contributed by atoms with van der Waals surface area (Å²) < 4.78 is 46.2. The van der Waals surface area contributed by atoms with Crippen LogP contribution in [0, 0.1) is 0 Å². The Balaban J connectivity index is 0.952. The molecule has 2 atom stereocenters. The van der Waals surface area contributed by atoms with Crippen molar-refractivity contribution in [3.63, 3.8) is 0 Å². The Hall–Kier alpha value is -9.32. The van der Waals surface area contributed by atoms with Gasteiger partial charge in [0.2, 0.25) is 0 Å². The SMILES string of the molecule is CNc1ccc2c3[nH]c(c2c1)=NC1=NC(=NC2=NC(N=C4N=C(N=3)c3cc(N5C(=O)c6ccc(C(C)(c7ccc8c(c7)C(=O)N(C)C8=O)C(F)(F)F)cc6C5=O)ccc34)c3ccccc32)c2ccccc21. The second-order valence-electron chi connectivity index (χ2n) is 17.8. The Morgan fingerprint density at radius 2 is 1.04 bits per heavy atom. The van der Waals surface area contributed by atoms with E-state index in [0.29, 0.717) is 45.0 Å². The molecule has 6 aromatic carbocycles. The molecule has 344 valence electrons. The van der Waals surface area contributed by atoms with Gasteiger partial charge in [0.1, 0.15) is 16.4 Å². The monoisotopic (exact) mass is 943 g/mol. The minimum atomic E-state index is -4.96. The number of hydrogen-bond acceptors (Lipinski definition) is 12. The lowest BCUT2D eigenvalue weighted by molar-refractivity contribution is -0.173. The lowest BCUT2D eigenvalue weighted by Crippen LogP contribution is -2.41. The molecular formula is C53H32F3N11O4. The smallest absolute Gasteiger partial charge is 0.388 e. The molecule has 0 spiro atoms. The summed E-state index contributed by atoms with van der Waals surface area (Å²) >= 11 is 0. The van der Waals surface area contributed by atoms with Crippen LogP contribution in [0.5, 0.6) is 0 Å². The molecular weight excluding hydrogens is 912 g/mol. The summed E-state index contributed by atoms with van der Waals surface area (Å²) in [4.78, 5) is 94.5. The van der Waals surface area contributed by atoms with Gasteiger partial charge >= 0.3 is 6.18 Å². The van der Waals surface area contributed by atoms with Crippen LogP contribution in [0.15, 0.2) is 156 Å². The minimum Gasteiger partial charge on any atom is -0.388 e. The summed E-state index contributed by atoms with van der Waals surface area (Å²) in [7, 11) is 3.06. The number of anilines is 2. The fourth-order valence-corrected chi connectivity index (χ4v) is 9.99. The van der Waals surface area contributed by atoms with E-state index in [9.17, 15) is 19.2 Å². The van der Waals surface area contributed by atoms with Crippen LogP contribution in [0.25, 0.3) is 10.8 Å². The fourth-order valence-electron chi connectivity index (χ4n) is 9.99. The molecule has 0 saturated carbocycles. The van der Waals surface area contributed by atoms with Crippen molar-refractivity contribution >= 4 is 75.0 Å². The first-order valence-electron chi connectivity index (χ1n) is 22.3. The first kappa shape index (κ1) is 41.8. The Kier molecular flexibility index (Phi) is 8.60. The molecule has 7 heterocycles. The summed E-state index contributed by atoms with van der Waals surface area (Å²) in [6.07, 6.45) is -5.73. The molecule has 0 saturated heterocycles. The number of imide groups is 2. The van der Waals surface area contributed by atoms with Gasteiger partial charge in [0, 0.05) is 63.9 Å². The Morgan fingerprint density at radius 3 is 1.72 bits per heavy atom. The van der Waals surface area contributed by atoms with Crippen LogP contribution in [0.4, 0.5) is 24.5 Å². The van der Waals surface area contributed by atoms with Crippen molar-refractivity contribution in [2.45, 2.75) is 24.7 Å². The fraction of sp³-hybridized carbons (Fsp3) is 0.113. The van der Waals surface area contributed by atoms with Crippen molar-refractivity contribution in [3.05, 3.63) is 199 Å². The first-order valence-corrected chi connectivity index (χ1v) is 22.3. The third-order valence-electron chi connectivity index (χ3n) is 13.9. The molecule has 13 rings (SSSR count). The third kappa shape index (κ3) is 5.93. The van der Waals surface area contributed by atoms with E-state index in [1.807, 2.05) is 73.8 Å². The van der Waals surface area contributed by atoms with E-state index >= 15 is 13.2 Å². The molecule has 1 aromatic heterocycles. The average Bonchev–Trinajstić information content (AvgIpc) is 4.19. The highest BCUT2D eigenvalue weighted by molar-refractivity contribution is 6.35. The number of nitrogens with one attached hydrogen (secondary N) is 2. The van der Waals surface area contributed by atoms with Crippen molar-refractivity contribution in [2.75, 3.05) is 24.3 Å². The molecule has 18 heteroatoms. The number of benzene rings is 6. The standard InChI is InChI=1S/C53H32F3N11O4/c1-52(53(54,55)56,24-12-16-34-38(20-24)49(69)66(3)48(34)68)25-13-17-35-39(21-25)51(71)67(50(35)70)27-15-19-33-37(23-27)47-64-44-32-18-14-26(57-2)22-36(32)46(63-44)62-43-31-11-7-6-10-30(31)41(60-43)58-40-28-8-4-5-9-29(28)42(59-40)61-45(33)65-47/h4-23,42,57H,1-3H3,(H,58,59,60,61,62,63,64,65). The molecule has 2 N–H and O–H groups in total. The molecule has 71 heavy (non-hydrogen) atoms. The van der Waals surface area contributed by atoms with Gasteiger partial charge in [-0.05, 0) is 78.7 Å². The van der Waals surface area contributed by atoms with Crippen LogP contribution < -0.4 is 21.2 Å². The zero-order chi connectivity index (χ0) is 48.8. The van der Waals surface area contributed by atoms with Gasteiger partial charge in [-0.3, -0.25) is 24.1 Å². The van der Waals surface area contributed by atoms with Gasteiger partial charge in [0.15, 0.2) is 35.3 Å². The van der Waals surface area contributed by atoms with Gasteiger partial charge in [0.25, 0.3) is 23.6 Å². The lowest BCUT2D eigenvalue weighted by atomic mass is 9.74. The van der Waals surface area contributed by atoms with E-state index in [4.69, 9.17) is 34.9 Å². The summed E-state index contributed by atoms with van der Waals surface area (Å²) in [5, 5.41) is 4.61. The Morgan fingerprint density at radius 1 is 0.521 bits per heavy atom. The summed E-state index contributed by atoms with van der Waals surface area (Å²) in [5.41, 5.74) is 1.82. The number of amides is 4. The van der Waals surface area contributed by atoms with Gasteiger partial charge in [-0.1, -0.05) is 60.7 Å².